The Hall–Kier alpha value is -1.23. The minimum Gasteiger partial charge on any atom is -0.503 e. The van der Waals surface area contributed by atoms with E-state index in [2.05, 4.69) is 0 Å². The van der Waals surface area contributed by atoms with Crippen molar-refractivity contribution in [1.82, 2.24) is 0 Å². The Morgan fingerprint density at radius 3 is 2.31 bits per heavy atom. The molecule has 1 unspecified atom stereocenters. The zero-order valence-corrected chi connectivity index (χ0v) is 6.81. The van der Waals surface area contributed by atoms with Crippen LogP contribution in [0, 0.1) is 17.5 Å². The van der Waals surface area contributed by atoms with Gasteiger partial charge in [0.15, 0.2) is 17.4 Å². The lowest BCUT2D eigenvalue weighted by Gasteiger charge is -2.09. The summed E-state index contributed by atoms with van der Waals surface area (Å²) in [7, 11) is 0. The van der Waals surface area contributed by atoms with E-state index >= 15 is 0 Å². The summed E-state index contributed by atoms with van der Waals surface area (Å²) in [5, 5.41) is 8.77. The van der Waals surface area contributed by atoms with Gasteiger partial charge in [0.05, 0.1) is 0 Å². The van der Waals surface area contributed by atoms with Gasteiger partial charge in [-0.1, -0.05) is 0 Å². The Bertz CT molecular complexity index is 339. The van der Waals surface area contributed by atoms with Gasteiger partial charge in [0.1, 0.15) is 0 Å². The molecule has 0 aromatic heterocycles. The second-order valence-corrected chi connectivity index (χ2v) is 2.71. The molecule has 3 N–H and O–H groups in total. The monoisotopic (exact) mass is 191 g/mol. The molecule has 13 heavy (non-hydrogen) atoms. The van der Waals surface area contributed by atoms with Crippen molar-refractivity contribution in [3.63, 3.8) is 0 Å². The summed E-state index contributed by atoms with van der Waals surface area (Å²) >= 11 is 0. The van der Waals surface area contributed by atoms with Gasteiger partial charge in [-0.3, -0.25) is 0 Å². The molecule has 0 aliphatic rings. The smallest absolute Gasteiger partial charge is 0.203 e. The molecule has 0 radical (unpaired) electrons. The van der Waals surface area contributed by atoms with Crippen LogP contribution < -0.4 is 5.73 Å². The first-order valence-electron chi connectivity index (χ1n) is 3.57. The van der Waals surface area contributed by atoms with Gasteiger partial charge in [-0.15, -0.1) is 0 Å². The number of benzene rings is 1. The van der Waals surface area contributed by atoms with E-state index in [1.54, 1.807) is 0 Å². The molecule has 0 fully saturated rings. The average Bonchev–Trinajstić information content (AvgIpc) is 2.07. The van der Waals surface area contributed by atoms with E-state index in [9.17, 15) is 13.2 Å². The van der Waals surface area contributed by atoms with E-state index in [-0.39, 0.29) is 5.56 Å². The van der Waals surface area contributed by atoms with Gasteiger partial charge in [-0.05, 0) is 13.0 Å². The van der Waals surface area contributed by atoms with Gasteiger partial charge in [0, 0.05) is 11.6 Å². The number of rotatable bonds is 1. The Morgan fingerprint density at radius 1 is 1.31 bits per heavy atom. The molecule has 72 valence electrons. The van der Waals surface area contributed by atoms with E-state index in [1.165, 1.54) is 6.92 Å². The minimum absolute atomic E-state index is 0.253. The zero-order valence-electron chi connectivity index (χ0n) is 6.81. The lowest BCUT2D eigenvalue weighted by atomic mass is 10.1. The summed E-state index contributed by atoms with van der Waals surface area (Å²) < 4.78 is 38.1. The number of halogens is 3. The quantitative estimate of drug-likeness (QED) is 0.665. The molecule has 2 nitrogen and oxygen atoms in total. The number of phenolic OH excluding ortho intramolecular Hbond substituents is 1. The third-order valence-corrected chi connectivity index (χ3v) is 1.65. The molecule has 0 aliphatic carbocycles. The first-order valence-corrected chi connectivity index (χ1v) is 3.57. The SMILES string of the molecule is CC(N)c1cc(F)c(F)c(O)c1F. The fraction of sp³-hybridized carbons (Fsp3) is 0.250. The Balaban J connectivity index is 3.41. The molecule has 1 aromatic rings. The van der Waals surface area contributed by atoms with Crippen molar-refractivity contribution in [3.8, 4) is 5.75 Å². The van der Waals surface area contributed by atoms with Crippen molar-refractivity contribution in [2.75, 3.05) is 0 Å². The van der Waals surface area contributed by atoms with Gasteiger partial charge >= 0.3 is 0 Å². The fourth-order valence-electron chi connectivity index (χ4n) is 0.941. The highest BCUT2D eigenvalue weighted by molar-refractivity contribution is 5.34. The van der Waals surface area contributed by atoms with Crippen LogP contribution in [-0.2, 0) is 0 Å². The number of hydrogen-bond acceptors (Lipinski definition) is 2. The molecule has 0 amide bonds. The maximum absolute atomic E-state index is 13.0. The fourth-order valence-corrected chi connectivity index (χ4v) is 0.941. The van der Waals surface area contributed by atoms with Crippen LogP contribution >= 0.6 is 0 Å². The van der Waals surface area contributed by atoms with Crippen molar-refractivity contribution in [3.05, 3.63) is 29.1 Å². The highest BCUT2D eigenvalue weighted by atomic mass is 19.2. The summed E-state index contributed by atoms with van der Waals surface area (Å²) in [6.07, 6.45) is 0. The molecule has 5 heteroatoms. The van der Waals surface area contributed by atoms with Crippen molar-refractivity contribution in [2.45, 2.75) is 13.0 Å². The summed E-state index contributed by atoms with van der Waals surface area (Å²) in [4.78, 5) is 0. The van der Waals surface area contributed by atoms with Crippen LogP contribution in [0.2, 0.25) is 0 Å². The summed E-state index contributed by atoms with van der Waals surface area (Å²) in [6, 6.07) is -0.171. The third kappa shape index (κ3) is 1.60. The molecular formula is C8H8F3NO. The van der Waals surface area contributed by atoms with Crippen LogP contribution in [0.1, 0.15) is 18.5 Å². The molecule has 0 saturated carbocycles. The van der Waals surface area contributed by atoms with Crippen LogP contribution in [0.3, 0.4) is 0 Å². The van der Waals surface area contributed by atoms with Crippen molar-refractivity contribution >= 4 is 0 Å². The molecule has 1 rings (SSSR count). The minimum atomic E-state index is -1.60. The van der Waals surface area contributed by atoms with Gasteiger partial charge in [-0.25, -0.2) is 8.78 Å². The predicted molar refractivity (Wildman–Crippen MR) is 40.6 cm³/mol. The normalized spacial score (nSPS) is 13.0. The Morgan fingerprint density at radius 2 is 1.85 bits per heavy atom. The Kier molecular flexibility index (Phi) is 2.47. The molecule has 1 aromatic carbocycles. The number of aromatic hydroxyl groups is 1. The van der Waals surface area contributed by atoms with Crippen LogP contribution in [0.25, 0.3) is 0 Å². The van der Waals surface area contributed by atoms with E-state index in [4.69, 9.17) is 10.8 Å². The lowest BCUT2D eigenvalue weighted by Crippen LogP contribution is -2.09. The van der Waals surface area contributed by atoms with Crippen LogP contribution in [0.15, 0.2) is 6.07 Å². The van der Waals surface area contributed by atoms with Gasteiger partial charge < -0.3 is 10.8 Å². The standard InChI is InChI=1S/C8H8F3NO/c1-3(12)4-2-5(9)7(11)8(13)6(4)10/h2-3,13H,12H2,1H3. The molecule has 0 bridgehead atoms. The van der Waals surface area contributed by atoms with Crippen molar-refractivity contribution in [1.29, 1.82) is 0 Å². The highest BCUT2D eigenvalue weighted by Gasteiger charge is 2.19. The van der Waals surface area contributed by atoms with Gasteiger partial charge in [-0.2, -0.15) is 4.39 Å². The largest absolute Gasteiger partial charge is 0.503 e. The topological polar surface area (TPSA) is 46.2 Å². The van der Waals surface area contributed by atoms with Crippen molar-refractivity contribution in [2.24, 2.45) is 5.73 Å². The predicted octanol–water partition coefficient (Wildman–Crippen LogP) is 1.83. The molecule has 0 spiro atoms. The van der Waals surface area contributed by atoms with Gasteiger partial charge in [0.25, 0.3) is 0 Å². The van der Waals surface area contributed by atoms with E-state index in [1.807, 2.05) is 0 Å². The second kappa shape index (κ2) is 3.26. The lowest BCUT2D eigenvalue weighted by molar-refractivity contribution is 0.371. The van der Waals surface area contributed by atoms with E-state index in [0.29, 0.717) is 6.07 Å². The van der Waals surface area contributed by atoms with Crippen molar-refractivity contribution < 1.29 is 18.3 Å². The third-order valence-electron chi connectivity index (χ3n) is 1.65. The summed E-state index contributed by atoms with van der Waals surface area (Å²) in [6.45, 7) is 1.40. The van der Waals surface area contributed by atoms with E-state index in [0.717, 1.165) is 0 Å². The number of hydrogen-bond donors (Lipinski definition) is 2. The highest BCUT2D eigenvalue weighted by Crippen LogP contribution is 2.28. The van der Waals surface area contributed by atoms with E-state index < -0.39 is 29.2 Å². The zero-order chi connectivity index (χ0) is 10.2. The molecule has 0 aliphatic heterocycles. The van der Waals surface area contributed by atoms with Crippen LogP contribution in [0.4, 0.5) is 13.2 Å². The summed E-state index contributed by atoms with van der Waals surface area (Å²) in [5.74, 6) is -5.45. The maximum atomic E-state index is 13.0. The van der Waals surface area contributed by atoms with Gasteiger partial charge in [0.2, 0.25) is 5.82 Å². The first kappa shape index (κ1) is 9.85. The average molecular weight is 191 g/mol. The summed E-state index contributed by atoms with van der Waals surface area (Å²) in [5.41, 5.74) is 5.01. The molecule has 1 atom stereocenters. The molecule has 0 heterocycles. The first-order chi connectivity index (χ1) is 5.95. The number of nitrogens with two attached hydrogens (primary N) is 1. The maximum Gasteiger partial charge on any atom is 0.203 e. The molecular weight excluding hydrogens is 183 g/mol. The Labute approximate surface area is 72.8 Å². The number of phenols is 1. The molecule has 0 saturated heterocycles. The van der Waals surface area contributed by atoms with Crippen LogP contribution in [-0.4, -0.2) is 5.11 Å². The second-order valence-electron chi connectivity index (χ2n) is 2.71. The van der Waals surface area contributed by atoms with Crippen LogP contribution in [0.5, 0.6) is 5.75 Å².